The number of nitrogens with one attached hydrogen (secondary N) is 1. The molecule has 0 heterocycles. The second kappa shape index (κ2) is 7.02. The van der Waals surface area contributed by atoms with Crippen LogP contribution < -0.4 is 11.3 Å². The van der Waals surface area contributed by atoms with Crippen LogP contribution in [-0.2, 0) is 14.3 Å². The summed E-state index contributed by atoms with van der Waals surface area (Å²) in [4.78, 5) is 10.8. The number of hydrogen-bond donors (Lipinski definition) is 2. The van der Waals surface area contributed by atoms with Crippen LogP contribution in [-0.4, -0.2) is 31.8 Å². The fraction of sp³-hybridized carbons (Fsp3) is 0.857. The first kappa shape index (κ1) is 11.4. The highest BCUT2D eigenvalue weighted by atomic mass is 16.5. The summed E-state index contributed by atoms with van der Waals surface area (Å²) in [6.07, 6.45) is -0.518. The van der Waals surface area contributed by atoms with Gasteiger partial charge >= 0.3 is 0 Å². The lowest BCUT2D eigenvalue weighted by atomic mass is 10.4. The molecule has 72 valence electrons. The van der Waals surface area contributed by atoms with Crippen LogP contribution in [0, 0.1) is 0 Å². The van der Waals surface area contributed by atoms with E-state index in [-0.39, 0.29) is 5.91 Å². The van der Waals surface area contributed by atoms with Gasteiger partial charge in [0.25, 0.3) is 5.91 Å². The van der Waals surface area contributed by atoms with Gasteiger partial charge in [-0.1, -0.05) is 0 Å². The first-order chi connectivity index (χ1) is 5.72. The average molecular weight is 176 g/mol. The van der Waals surface area contributed by atoms with E-state index in [1.165, 1.54) is 0 Å². The van der Waals surface area contributed by atoms with Crippen LogP contribution in [0.2, 0.25) is 0 Å². The summed E-state index contributed by atoms with van der Waals surface area (Å²) in [5.41, 5.74) is 2.00. The molecule has 0 aromatic rings. The van der Waals surface area contributed by atoms with Crippen LogP contribution in [0.25, 0.3) is 0 Å². The van der Waals surface area contributed by atoms with E-state index in [1.807, 2.05) is 12.3 Å². The fourth-order valence-corrected chi connectivity index (χ4v) is 0.621. The van der Waals surface area contributed by atoms with Gasteiger partial charge in [0.2, 0.25) is 0 Å². The molecule has 1 unspecified atom stereocenters. The van der Waals surface area contributed by atoms with E-state index in [0.29, 0.717) is 19.8 Å². The van der Waals surface area contributed by atoms with E-state index in [0.717, 1.165) is 0 Å². The third-order valence-corrected chi connectivity index (χ3v) is 1.31. The van der Waals surface area contributed by atoms with Crippen molar-refractivity contribution in [1.82, 2.24) is 5.43 Å². The molecular formula is C7H16N2O3. The van der Waals surface area contributed by atoms with E-state index in [2.05, 4.69) is 0 Å². The summed E-state index contributed by atoms with van der Waals surface area (Å²) >= 11 is 0. The molecule has 0 bridgehead atoms. The van der Waals surface area contributed by atoms with Crippen molar-refractivity contribution in [2.75, 3.05) is 19.8 Å². The van der Waals surface area contributed by atoms with Gasteiger partial charge in [0, 0.05) is 6.61 Å². The van der Waals surface area contributed by atoms with Gasteiger partial charge in [-0.3, -0.25) is 10.2 Å². The largest absolute Gasteiger partial charge is 0.379 e. The number of amides is 1. The fourth-order valence-electron chi connectivity index (χ4n) is 0.621. The van der Waals surface area contributed by atoms with Crippen LogP contribution in [0.5, 0.6) is 0 Å². The molecule has 0 saturated carbocycles. The Morgan fingerprint density at radius 3 is 2.75 bits per heavy atom. The molecule has 5 heteroatoms. The molecular weight excluding hydrogens is 160 g/mol. The minimum Gasteiger partial charge on any atom is -0.379 e. The molecule has 3 N–H and O–H groups in total. The molecule has 5 nitrogen and oxygen atoms in total. The van der Waals surface area contributed by atoms with Crippen molar-refractivity contribution in [3.63, 3.8) is 0 Å². The maximum atomic E-state index is 10.8. The zero-order chi connectivity index (χ0) is 9.40. The topological polar surface area (TPSA) is 73.6 Å². The van der Waals surface area contributed by atoms with E-state index < -0.39 is 6.10 Å². The third-order valence-electron chi connectivity index (χ3n) is 1.31. The number of carbonyl (C=O) groups excluding carboxylic acids is 1. The third kappa shape index (κ3) is 5.06. The first-order valence-corrected chi connectivity index (χ1v) is 3.92. The Labute approximate surface area is 72.2 Å². The van der Waals surface area contributed by atoms with Gasteiger partial charge in [-0.2, -0.15) is 0 Å². The molecule has 0 fully saturated rings. The van der Waals surface area contributed by atoms with E-state index in [4.69, 9.17) is 15.3 Å². The normalized spacial score (nSPS) is 12.6. The van der Waals surface area contributed by atoms with Crippen molar-refractivity contribution in [1.29, 1.82) is 0 Å². The molecule has 0 aliphatic heterocycles. The van der Waals surface area contributed by atoms with Crippen molar-refractivity contribution in [3.05, 3.63) is 0 Å². The van der Waals surface area contributed by atoms with Crippen LogP contribution in [0.4, 0.5) is 0 Å². The molecule has 0 aliphatic carbocycles. The average Bonchev–Trinajstić information content (AvgIpc) is 2.10. The Bertz CT molecular complexity index is 130. The standard InChI is InChI=1S/C7H16N2O3/c1-3-11-4-5-12-6(2)7(10)9-8/h6H,3-5,8H2,1-2H3,(H,9,10). The smallest absolute Gasteiger partial charge is 0.262 e. The SMILES string of the molecule is CCOCCOC(C)C(=O)NN. The van der Waals surface area contributed by atoms with Gasteiger partial charge in [-0.05, 0) is 13.8 Å². The highest BCUT2D eigenvalue weighted by Gasteiger charge is 2.10. The Morgan fingerprint density at radius 2 is 2.25 bits per heavy atom. The molecule has 0 aliphatic rings. The molecule has 1 amide bonds. The first-order valence-electron chi connectivity index (χ1n) is 3.92. The highest BCUT2D eigenvalue weighted by Crippen LogP contribution is 1.89. The quantitative estimate of drug-likeness (QED) is 0.246. The van der Waals surface area contributed by atoms with Crippen LogP contribution in [0.1, 0.15) is 13.8 Å². The minimum absolute atomic E-state index is 0.327. The summed E-state index contributed by atoms with van der Waals surface area (Å²) < 4.78 is 10.1. The predicted octanol–water partition coefficient (Wildman–Crippen LogP) is -0.582. The van der Waals surface area contributed by atoms with Crippen molar-refractivity contribution < 1.29 is 14.3 Å². The molecule has 12 heavy (non-hydrogen) atoms. The molecule has 0 spiro atoms. The van der Waals surface area contributed by atoms with Gasteiger partial charge in [0.15, 0.2) is 0 Å². The molecule has 0 aromatic heterocycles. The van der Waals surface area contributed by atoms with Gasteiger partial charge < -0.3 is 9.47 Å². The number of hydrazine groups is 1. The maximum Gasteiger partial charge on any atom is 0.262 e. The monoisotopic (exact) mass is 176 g/mol. The summed E-state index contributed by atoms with van der Waals surface area (Å²) in [7, 11) is 0. The van der Waals surface area contributed by atoms with Gasteiger partial charge in [0.05, 0.1) is 13.2 Å². The molecule has 1 atom stereocenters. The van der Waals surface area contributed by atoms with Crippen molar-refractivity contribution >= 4 is 5.91 Å². The Kier molecular flexibility index (Phi) is 6.64. The maximum absolute atomic E-state index is 10.8. The summed E-state index contributed by atoms with van der Waals surface area (Å²) in [6, 6.07) is 0. The Hall–Kier alpha value is -0.650. The van der Waals surface area contributed by atoms with Crippen molar-refractivity contribution in [3.8, 4) is 0 Å². The number of ether oxygens (including phenoxy) is 2. The molecule has 0 rings (SSSR count). The van der Waals surface area contributed by atoms with Crippen molar-refractivity contribution in [2.45, 2.75) is 20.0 Å². The minimum atomic E-state index is -0.518. The van der Waals surface area contributed by atoms with E-state index in [9.17, 15) is 4.79 Å². The number of hydrogen-bond acceptors (Lipinski definition) is 4. The summed E-state index contributed by atoms with van der Waals surface area (Å²) in [5, 5.41) is 0. The van der Waals surface area contributed by atoms with Crippen molar-refractivity contribution in [2.24, 2.45) is 5.84 Å². The van der Waals surface area contributed by atoms with Crippen LogP contribution in [0.3, 0.4) is 0 Å². The Balaban J connectivity index is 3.31. The predicted molar refractivity (Wildman–Crippen MR) is 44.2 cm³/mol. The zero-order valence-corrected chi connectivity index (χ0v) is 7.50. The lowest BCUT2D eigenvalue weighted by Crippen LogP contribution is -2.39. The van der Waals surface area contributed by atoms with Gasteiger partial charge in [-0.25, -0.2) is 5.84 Å². The molecule has 0 aromatic carbocycles. The van der Waals surface area contributed by atoms with Crippen LogP contribution in [0.15, 0.2) is 0 Å². The lowest BCUT2D eigenvalue weighted by molar-refractivity contribution is -0.132. The van der Waals surface area contributed by atoms with Gasteiger partial charge in [-0.15, -0.1) is 0 Å². The molecule has 0 saturated heterocycles. The number of nitrogens with two attached hydrogens (primary N) is 1. The summed E-state index contributed by atoms with van der Waals surface area (Å²) in [6.45, 7) is 5.09. The number of carbonyl (C=O) groups is 1. The second-order valence-corrected chi connectivity index (χ2v) is 2.22. The van der Waals surface area contributed by atoms with E-state index >= 15 is 0 Å². The second-order valence-electron chi connectivity index (χ2n) is 2.22. The Morgan fingerprint density at radius 1 is 1.58 bits per heavy atom. The summed E-state index contributed by atoms with van der Waals surface area (Å²) in [5.74, 6) is 4.57. The van der Waals surface area contributed by atoms with Gasteiger partial charge in [0.1, 0.15) is 6.10 Å². The highest BCUT2D eigenvalue weighted by molar-refractivity contribution is 5.79. The number of rotatable bonds is 6. The van der Waals surface area contributed by atoms with E-state index in [1.54, 1.807) is 6.92 Å². The zero-order valence-electron chi connectivity index (χ0n) is 7.50. The lowest BCUT2D eigenvalue weighted by Gasteiger charge is -2.10. The molecule has 0 radical (unpaired) electrons. The van der Waals surface area contributed by atoms with Crippen LogP contribution >= 0.6 is 0 Å².